The molecule has 0 saturated heterocycles. The standard InChI is InChI=1S/C16H13N5O2S/c1-9-14(22)17-11-8-10(5-6-12(11)24-9)15(23)18-16-20-19-13-4-2-3-7-21(13)16/h2-9H,1H3,(H,17,22)(H,18,20,23)/t9-/m1/s1. The first-order valence-corrected chi connectivity index (χ1v) is 8.22. The molecule has 8 heteroatoms. The van der Waals surface area contributed by atoms with Gasteiger partial charge in [-0.15, -0.1) is 22.0 Å². The molecular weight excluding hydrogens is 326 g/mol. The van der Waals surface area contributed by atoms with Crippen LogP contribution < -0.4 is 10.6 Å². The Labute approximate surface area is 141 Å². The highest BCUT2D eigenvalue weighted by Crippen LogP contribution is 2.36. The molecule has 1 aliphatic heterocycles. The molecule has 4 rings (SSSR count). The van der Waals surface area contributed by atoms with Crippen molar-refractivity contribution in [1.82, 2.24) is 14.6 Å². The number of nitrogens with zero attached hydrogens (tertiary/aromatic N) is 3. The minimum Gasteiger partial charge on any atom is -0.324 e. The fraction of sp³-hybridized carbons (Fsp3) is 0.125. The summed E-state index contributed by atoms with van der Waals surface area (Å²) in [6, 6.07) is 10.7. The minimum atomic E-state index is -0.311. The first kappa shape index (κ1) is 14.7. The summed E-state index contributed by atoms with van der Waals surface area (Å²) in [5.74, 6) is -0.0253. The molecule has 0 saturated carbocycles. The Hall–Kier alpha value is -2.87. The SMILES string of the molecule is C[C@H]1Sc2ccc(C(=O)Nc3nnc4ccccn34)cc2NC1=O. The zero-order valence-corrected chi connectivity index (χ0v) is 13.5. The number of nitrogens with one attached hydrogen (secondary N) is 2. The van der Waals surface area contributed by atoms with E-state index in [4.69, 9.17) is 0 Å². The van der Waals surface area contributed by atoms with E-state index in [9.17, 15) is 9.59 Å². The number of fused-ring (bicyclic) bond motifs is 2. The van der Waals surface area contributed by atoms with E-state index in [1.807, 2.05) is 25.1 Å². The monoisotopic (exact) mass is 339 g/mol. The van der Waals surface area contributed by atoms with Crippen LogP contribution in [0.15, 0.2) is 47.5 Å². The molecule has 1 atom stereocenters. The molecule has 2 aromatic heterocycles. The lowest BCUT2D eigenvalue weighted by Crippen LogP contribution is -2.26. The highest BCUT2D eigenvalue weighted by molar-refractivity contribution is 8.00. The summed E-state index contributed by atoms with van der Waals surface area (Å²) in [4.78, 5) is 25.2. The highest BCUT2D eigenvalue weighted by Gasteiger charge is 2.24. The van der Waals surface area contributed by atoms with E-state index in [-0.39, 0.29) is 17.1 Å². The second-order valence-electron chi connectivity index (χ2n) is 5.37. The van der Waals surface area contributed by atoms with Gasteiger partial charge in [0.2, 0.25) is 11.9 Å². The number of carbonyl (C=O) groups is 2. The molecule has 24 heavy (non-hydrogen) atoms. The Morgan fingerprint density at radius 2 is 2.17 bits per heavy atom. The van der Waals surface area contributed by atoms with Crippen LogP contribution in [0.1, 0.15) is 17.3 Å². The minimum absolute atomic E-state index is 0.0616. The summed E-state index contributed by atoms with van der Waals surface area (Å²) in [6.45, 7) is 1.85. The van der Waals surface area contributed by atoms with E-state index in [0.29, 0.717) is 22.8 Å². The van der Waals surface area contributed by atoms with E-state index in [1.54, 1.807) is 28.8 Å². The van der Waals surface area contributed by atoms with Crippen molar-refractivity contribution in [3.8, 4) is 0 Å². The lowest BCUT2D eigenvalue weighted by molar-refractivity contribution is -0.115. The number of benzene rings is 1. The summed E-state index contributed by atoms with van der Waals surface area (Å²) >= 11 is 1.48. The summed E-state index contributed by atoms with van der Waals surface area (Å²) in [6.07, 6.45) is 1.77. The molecule has 0 unspecified atom stereocenters. The van der Waals surface area contributed by atoms with Gasteiger partial charge < -0.3 is 5.32 Å². The van der Waals surface area contributed by atoms with Crippen LogP contribution in [0.3, 0.4) is 0 Å². The van der Waals surface area contributed by atoms with Gasteiger partial charge in [-0.25, -0.2) is 0 Å². The van der Waals surface area contributed by atoms with Gasteiger partial charge in [0.25, 0.3) is 5.91 Å². The number of hydrogen-bond acceptors (Lipinski definition) is 5. The summed E-state index contributed by atoms with van der Waals surface area (Å²) in [5, 5.41) is 13.4. The largest absolute Gasteiger partial charge is 0.324 e. The molecule has 1 aliphatic rings. The molecular formula is C16H13N5O2S. The molecule has 0 radical (unpaired) electrons. The van der Waals surface area contributed by atoms with Gasteiger partial charge in [0.1, 0.15) is 0 Å². The van der Waals surface area contributed by atoms with Crippen molar-refractivity contribution in [2.24, 2.45) is 0 Å². The first-order valence-electron chi connectivity index (χ1n) is 7.34. The predicted octanol–water partition coefficient (Wildman–Crippen LogP) is 2.41. The van der Waals surface area contributed by atoms with E-state index in [0.717, 1.165) is 4.90 Å². The fourth-order valence-corrected chi connectivity index (χ4v) is 3.38. The van der Waals surface area contributed by atoms with Gasteiger partial charge in [-0.2, -0.15) is 0 Å². The van der Waals surface area contributed by atoms with Crippen LogP contribution in [0.4, 0.5) is 11.6 Å². The number of anilines is 2. The third-order valence-electron chi connectivity index (χ3n) is 3.71. The fourth-order valence-electron chi connectivity index (χ4n) is 2.45. The first-order chi connectivity index (χ1) is 11.6. The molecule has 1 aromatic carbocycles. The molecule has 2 N–H and O–H groups in total. The quantitative estimate of drug-likeness (QED) is 0.748. The van der Waals surface area contributed by atoms with Crippen LogP contribution in [0.5, 0.6) is 0 Å². The molecule has 0 bridgehead atoms. The van der Waals surface area contributed by atoms with Crippen LogP contribution in [0, 0.1) is 0 Å². The molecule has 7 nitrogen and oxygen atoms in total. The molecule has 3 aromatic rings. The Bertz CT molecular complexity index is 968. The van der Waals surface area contributed by atoms with Crippen LogP contribution in [0.2, 0.25) is 0 Å². The average molecular weight is 339 g/mol. The maximum Gasteiger partial charge on any atom is 0.258 e. The molecule has 120 valence electrons. The van der Waals surface area contributed by atoms with Gasteiger partial charge in [0.15, 0.2) is 5.65 Å². The molecule has 0 aliphatic carbocycles. The van der Waals surface area contributed by atoms with Gasteiger partial charge in [-0.3, -0.25) is 19.3 Å². The van der Waals surface area contributed by atoms with Crippen LogP contribution in [-0.2, 0) is 4.79 Å². The zero-order valence-electron chi connectivity index (χ0n) is 12.7. The van der Waals surface area contributed by atoms with E-state index in [2.05, 4.69) is 20.8 Å². The number of amides is 2. The van der Waals surface area contributed by atoms with Crippen LogP contribution >= 0.6 is 11.8 Å². The number of thioether (sulfide) groups is 1. The zero-order chi connectivity index (χ0) is 16.7. The Morgan fingerprint density at radius 1 is 1.29 bits per heavy atom. The van der Waals surface area contributed by atoms with Crippen molar-refractivity contribution >= 4 is 40.9 Å². The Morgan fingerprint density at radius 3 is 3.04 bits per heavy atom. The van der Waals surface area contributed by atoms with Crippen molar-refractivity contribution < 1.29 is 9.59 Å². The second-order valence-corrected chi connectivity index (χ2v) is 6.75. The number of rotatable bonds is 2. The molecule has 0 spiro atoms. The maximum atomic E-state index is 12.5. The Kier molecular flexibility index (Phi) is 3.46. The van der Waals surface area contributed by atoms with Gasteiger partial charge >= 0.3 is 0 Å². The molecule has 3 heterocycles. The normalized spacial score (nSPS) is 16.5. The van der Waals surface area contributed by atoms with Crippen molar-refractivity contribution in [3.63, 3.8) is 0 Å². The van der Waals surface area contributed by atoms with E-state index in [1.165, 1.54) is 11.8 Å². The average Bonchev–Trinajstić information content (AvgIpc) is 2.99. The van der Waals surface area contributed by atoms with E-state index >= 15 is 0 Å². The number of hydrogen-bond donors (Lipinski definition) is 2. The topological polar surface area (TPSA) is 88.4 Å². The van der Waals surface area contributed by atoms with Gasteiger partial charge in [-0.05, 0) is 37.3 Å². The number of pyridine rings is 1. The lowest BCUT2D eigenvalue weighted by atomic mass is 10.2. The second kappa shape index (κ2) is 5.64. The number of aromatic nitrogens is 3. The van der Waals surface area contributed by atoms with Gasteiger partial charge in [0.05, 0.1) is 10.9 Å². The smallest absolute Gasteiger partial charge is 0.258 e. The van der Waals surface area contributed by atoms with Crippen molar-refractivity contribution in [2.75, 3.05) is 10.6 Å². The van der Waals surface area contributed by atoms with Crippen molar-refractivity contribution in [2.45, 2.75) is 17.1 Å². The van der Waals surface area contributed by atoms with E-state index < -0.39 is 0 Å². The van der Waals surface area contributed by atoms with Crippen molar-refractivity contribution in [1.29, 1.82) is 0 Å². The maximum absolute atomic E-state index is 12.5. The summed E-state index contributed by atoms with van der Waals surface area (Å²) < 4.78 is 1.69. The highest BCUT2D eigenvalue weighted by atomic mass is 32.2. The predicted molar refractivity (Wildman–Crippen MR) is 91.3 cm³/mol. The third kappa shape index (κ3) is 2.50. The van der Waals surface area contributed by atoms with Crippen LogP contribution in [0.25, 0.3) is 5.65 Å². The third-order valence-corrected chi connectivity index (χ3v) is 4.89. The Balaban J connectivity index is 1.61. The van der Waals surface area contributed by atoms with Gasteiger partial charge in [0, 0.05) is 16.7 Å². The summed E-state index contributed by atoms with van der Waals surface area (Å²) in [5.41, 5.74) is 1.75. The van der Waals surface area contributed by atoms with Crippen molar-refractivity contribution in [3.05, 3.63) is 48.2 Å². The van der Waals surface area contributed by atoms with Gasteiger partial charge in [-0.1, -0.05) is 6.07 Å². The lowest BCUT2D eigenvalue weighted by Gasteiger charge is -2.21. The van der Waals surface area contributed by atoms with Crippen LogP contribution in [-0.4, -0.2) is 31.7 Å². The number of carbonyl (C=O) groups excluding carboxylic acids is 2. The molecule has 0 fully saturated rings. The summed E-state index contributed by atoms with van der Waals surface area (Å²) in [7, 11) is 0. The molecule has 2 amide bonds.